The van der Waals surface area contributed by atoms with Crippen LogP contribution in [-0.4, -0.2) is 17.5 Å². The predicted octanol–water partition coefficient (Wildman–Crippen LogP) is 4.58. The summed E-state index contributed by atoms with van der Waals surface area (Å²) in [4.78, 5) is 12.9. The van der Waals surface area contributed by atoms with E-state index in [-0.39, 0.29) is 0 Å². The fourth-order valence-corrected chi connectivity index (χ4v) is 3.24. The molecule has 4 rings (SSSR count). The van der Waals surface area contributed by atoms with Crippen LogP contribution in [0.2, 0.25) is 0 Å². The normalized spacial score (nSPS) is 11.0. The molecule has 3 heteroatoms. The van der Waals surface area contributed by atoms with Gasteiger partial charge in [0.05, 0.1) is 11.0 Å². The topological polar surface area (TPSA) is 25.2 Å². The fourth-order valence-electron chi connectivity index (χ4n) is 3.24. The molecule has 3 aromatic carbocycles. The maximum absolute atomic E-state index is 11.3. The molecule has 1 radical (unpaired) electrons. The summed E-state index contributed by atoms with van der Waals surface area (Å²) >= 11 is 0. The van der Waals surface area contributed by atoms with E-state index < -0.39 is 0 Å². The Hall–Kier alpha value is -3.07. The van der Waals surface area contributed by atoms with E-state index in [1.807, 2.05) is 24.3 Å². The Morgan fingerprint density at radius 3 is 2.33 bits per heavy atom. The number of aromatic nitrogens is 1. The third kappa shape index (κ3) is 2.17. The number of carbonyl (C=O) groups is 1. The van der Waals surface area contributed by atoms with Crippen molar-refractivity contribution in [3.63, 3.8) is 0 Å². The molecule has 1 aromatic heterocycles. The molecule has 1 heterocycles. The van der Waals surface area contributed by atoms with Gasteiger partial charge in [-0.3, -0.25) is 4.79 Å². The first-order chi connectivity index (χ1) is 11.8. The monoisotopic (exact) mass is 313 g/mol. The minimum Gasteiger partial charge on any atom is -0.315 e. The Labute approximate surface area is 140 Å². The van der Waals surface area contributed by atoms with Crippen molar-refractivity contribution in [3.8, 4) is 5.69 Å². The average Bonchev–Trinajstić information content (AvgIpc) is 2.97. The first-order valence-electron chi connectivity index (χ1n) is 7.93. The van der Waals surface area contributed by atoms with E-state index in [1.165, 1.54) is 10.8 Å². The van der Waals surface area contributed by atoms with Gasteiger partial charge in [-0.1, -0.05) is 42.5 Å². The molecule has 4 aromatic rings. The summed E-state index contributed by atoms with van der Waals surface area (Å²) < 4.78 is 2.24. The van der Waals surface area contributed by atoms with Crippen LogP contribution in [0.1, 0.15) is 0 Å². The minimum atomic E-state index is 0.403. The highest BCUT2D eigenvalue weighted by Crippen LogP contribution is 2.34. The Bertz CT molecular complexity index is 1020. The zero-order valence-electron chi connectivity index (χ0n) is 13.2. The lowest BCUT2D eigenvalue weighted by Crippen LogP contribution is -2.20. The summed E-state index contributed by atoms with van der Waals surface area (Å²) in [6, 6.07) is 24.8. The molecule has 0 aliphatic heterocycles. The first-order valence-corrected chi connectivity index (χ1v) is 7.93. The van der Waals surface area contributed by atoms with E-state index in [1.54, 1.807) is 4.90 Å². The van der Waals surface area contributed by atoms with Crippen LogP contribution in [0, 0.1) is 6.92 Å². The van der Waals surface area contributed by atoms with Gasteiger partial charge in [0.2, 0.25) is 6.41 Å². The third-order valence-electron chi connectivity index (χ3n) is 4.37. The summed E-state index contributed by atoms with van der Waals surface area (Å²) in [6.45, 7) is 4.23. The smallest absolute Gasteiger partial charge is 0.214 e. The van der Waals surface area contributed by atoms with Crippen molar-refractivity contribution in [1.82, 2.24) is 4.57 Å². The molecule has 0 atom stereocenters. The Morgan fingerprint density at radius 1 is 0.875 bits per heavy atom. The maximum atomic E-state index is 11.3. The van der Waals surface area contributed by atoms with E-state index in [4.69, 9.17) is 0 Å². The molecule has 0 fully saturated rings. The highest BCUT2D eigenvalue weighted by molar-refractivity contribution is 6.10. The number of para-hydroxylation sites is 2. The van der Waals surface area contributed by atoms with Crippen LogP contribution in [-0.2, 0) is 4.79 Å². The number of fused-ring (bicyclic) bond motifs is 3. The van der Waals surface area contributed by atoms with Gasteiger partial charge in [0.1, 0.15) is 0 Å². The molecule has 0 unspecified atom stereocenters. The average molecular weight is 313 g/mol. The zero-order chi connectivity index (χ0) is 16.5. The second kappa shape index (κ2) is 5.85. The van der Waals surface area contributed by atoms with Crippen LogP contribution in [0.5, 0.6) is 0 Å². The second-order valence-corrected chi connectivity index (χ2v) is 5.69. The van der Waals surface area contributed by atoms with Gasteiger partial charge in [-0.15, -0.1) is 0 Å². The number of carbonyl (C=O) groups excluding carboxylic acids is 1. The van der Waals surface area contributed by atoms with Crippen LogP contribution < -0.4 is 4.90 Å². The highest BCUT2D eigenvalue weighted by Gasteiger charge is 2.13. The lowest BCUT2D eigenvalue weighted by Gasteiger charge is -2.15. The molecule has 117 valence electrons. The van der Waals surface area contributed by atoms with Crippen LogP contribution in [0.25, 0.3) is 27.5 Å². The molecule has 0 spiro atoms. The summed E-state index contributed by atoms with van der Waals surface area (Å²) in [5.74, 6) is 0. The lowest BCUT2D eigenvalue weighted by atomic mass is 10.1. The van der Waals surface area contributed by atoms with Crippen molar-refractivity contribution in [2.24, 2.45) is 0 Å². The molecule has 0 aliphatic carbocycles. The molecular formula is C21H17N2O. The van der Waals surface area contributed by atoms with E-state index in [9.17, 15) is 4.79 Å². The summed E-state index contributed by atoms with van der Waals surface area (Å²) in [6.07, 6.45) is 0.823. The number of anilines is 1. The van der Waals surface area contributed by atoms with Crippen molar-refractivity contribution < 1.29 is 4.79 Å². The lowest BCUT2D eigenvalue weighted by molar-refractivity contribution is -0.107. The Morgan fingerprint density at radius 2 is 1.58 bits per heavy atom. The van der Waals surface area contributed by atoms with Gasteiger partial charge in [-0.2, -0.15) is 0 Å². The highest BCUT2D eigenvalue weighted by atomic mass is 16.1. The quantitative estimate of drug-likeness (QED) is 0.506. The van der Waals surface area contributed by atoms with Gasteiger partial charge in [0.15, 0.2) is 0 Å². The molecule has 3 nitrogen and oxygen atoms in total. The summed E-state index contributed by atoms with van der Waals surface area (Å²) in [5, 5.41) is 2.38. The largest absolute Gasteiger partial charge is 0.315 e. The molecule has 0 aliphatic rings. The van der Waals surface area contributed by atoms with E-state index in [0.717, 1.165) is 28.8 Å². The van der Waals surface area contributed by atoms with Gasteiger partial charge in [-0.05, 0) is 37.3 Å². The van der Waals surface area contributed by atoms with Crippen LogP contribution in [0.3, 0.4) is 0 Å². The first kappa shape index (κ1) is 14.5. The maximum Gasteiger partial charge on any atom is 0.214 e. The van der Waals surface area contributed by atoms with E-state index >= 15 is 0 Å². The van der Waals surface area contributed by atoms with Crippen molar-refractivity contribution in [2.45, 2.75) is 0 Å². The Balaban J connectivity index is 2.09. The van der Waals surface area contributed by atoms with Crippen molar-refractivity contribution >= 4 is 33.9 Å². The van der Waals surface area contributed by atoms with Gasteiger partial charge in [0.25, 0.3) is 0 Å². The Kier molecular flexibility index (Phi) is 3.54. The van der Waals surface area contributed by atoms with Crippen LogP contribution in [0.15, 0.2) is 72.8 Å². The molecular weight excluding hydrogens is 296 g/mol. The van der Waals surface area contributed by atoms with Gasteiger partial charge >= 0.3 is 0 Å². The van der Waals surface area contributed by atoms with Crippen LogP contribution >= 0.6 is 0 Å². The minimum absolute atomic E-state index is 0.403. The number of hydrogen-bond acceptors (Lipinski definition) is 1. The number of amides is 1. The molecule has 1 amide bonds. The summed E-state index contributed by atoms with van der Waals surface area (Å²) in [5.41, 5.74) is 4.20. The molecule has 0 saturated heterocycles. The van der Waals surface area contributed by atoms with Crippen molar-refractivity contribution in [1.29, 1.82) is 0 Å². The van der Waals surface area contributed by atoms with Crippen molar-refractivity contribution in [3.05, 3.63) is 79.7 Å². The van der Waals surface area contributed by atoms with Gasteiger partial charge in [0, 0.05) is 28.7 Å². The third-order valence-corrected chi connectivity index (χ3v) is 4.37. The van der Waals surface area contributed by atoms with Gasteiger partial charge in [-0.25, -0.2) is 0 Å². The van der Waals surface area contributed by atoms with Crippen molar-refractivity contribution in [2.75, 3.05) is 11.4 Å². The predicted molar refractivity (Wildman–Crippen MR) is 99.5 cm³/mol. The number of nitrogens with zero attached hydrogens (tertiary/aromatic N) is 2. The molecule has 0 N–H and O–H groups in total. The second-order valence-electron chi connectivity index (χ2n) is 5.69. The van der Waals surface area contributed by atoms with Crippen LogP contribution in [0.4, 0.5) is 5.69 Å². The SMILES string of the molecule is [CH2]CN(C=O)c1ccc2c3ccccc3n(-c3ccccc3)c2c1. The summed E-state index contributed by atoms with van der Waals surface area (Å²) in [7, 11) is 0. The number of rotatable bonds is 4. The number of benzene rings is 3. The standard InChI is InChI=1S/C21H17N2O/c1-2-22(15-24)17-12-13-19-18-10-6-7-11-20(18)23(21(19)14-17)16-8-4-3-5-9-16/h3-15H,1-2H2. The van der Waals surface area contributed by atoms with E-state index in [2.05, 4.69) is 60.0 Å². The molecule has 24 heavy (non-hydrogen) atoms. The molecule has 0 bridgehead atoms. The zero-order valence-corrected chi connectivity index (χ0v) is 13.2. The van der Waals surface area contributed by atoms with E-state index in [0.29, 0.717) is 6.54 Å². The number of hydrogen-bond donors (Lipinski definition) is 0. The fraction of sp³-hybridized carbons (Fsp3) is 0.0476. The van der Waals surface area contributed by atoms with Gasteiger partial charge < -0.3 is 9.47 Å². The molecule has 0 saturated carbocycles.